The second kappa shape index (κ2) is 6.70. The molecule has 0 aliphatic carbocycles. The highest BCUT2D eigenvalue weighted by Gasteiger charge is 2.35. The molecule has 1 aliphatic rings. The highest BCUT2D eigenvalue weighted by atomic mass is 16.2. The van der Waals surface area contributed by atoms with Crippen LogP contribution in [0.15, 0.2) is 18.2 Å². The molecule has 0 spiro atoms. The molecule has 2 heterocycles. The molecule has 1 aromatic carbocycles. The van der Waals surface area contributed by atoms with Crippen molar-refractivity contribution in [3.05, 3.63) is 46.5 Å². The van der Waals surface area contributed by atoms with Crippen molar-refractivity contribution in [3.8, 4) is 0 Å². The predicted octanol–water partition coefficient (Wildman–Crippen LogP) is 2.47. The van der Waals surface area contributed by atoms with E-state index in [0.717, 1.165) is 23.4 Å². The number of amides is 2. The van der Waals surface area contributed by atoms with Gasteiger partial charge in [-0.05, 0) is 31.4 Å². The van der Waals surface area contributed by atoms with Crippen LogP contribution in [0.5, 0.6) is 0 Å². The highest BCUT2D eigenvalue weighted by molar-refractivity contribution is 5.98. The third kappa shape index (κ3) is 3.04. The van der Waals surface area contributed by atoms with E-state index in [4.69, 9.17) is 0 Å². The SMILES string of the molecule is CCc1cccc(C)c1N1CC(c2nc(C(=O)NC)c(C)[nH]2)CC1=O. The van der Waals surface area contributed by atoms with Crippen LogP contribution in [0.25, 0.3) is 0 Å². The van der Waals surface area contributed by atoms with E-state index in [-0.39, 0.29) is 17.7 Å². The molecule has 1 saturated heterocycles. The first-order valence-electron chi connectivity index (χ1n) is 8.63. The van der Waals surface area contributed by atoms with Crippen molar-refractivity contribution in [1.29, 1.82) is 0 Å². The zero-order valence-electron chi connectivity index (χ0n) is 15.1. The summed E-state index contributed by atoms with van der Waals surface area (Å²) in [4.78, 5) is 34.0. The first-order valence-corrected chi connectivity index (χ1v) is 8.63. The van der Waals surface area contributed by atoms with E-state index >= 15 is 0 Å². The number of benzene rings is 1. The van der Waals surface area contributed by atoms with Gasteiger partial charge in [0.05, 0.1) is 0 Å². The molecule has 25 heavy (non-hydrogen) atoms. The minimum absolute atomic E-state index is 0.0334. The van der Waals surface area contributed by atoms with Gasteiger partial charge in [0, 0.05) is 37.3 Å². The molecule has 6 heteroatoms. The molecule has 0 bridgehead atoms. The average molecular weight is 340 g/mol. The Bertz CT molecular complexity index is 825. The van der Waals surface area contributed by atoms with Crippen molar-refractivity contribution in [2.24, 2.45) is 0 Å². The maximum Gasteiger partial charge on any atom is 0.271 e. The van der Waals surface area contributed by atoms with Crippen LogP contribution in [0.1, 0.15) is 52.4 Å². The summed E-state index contributed by atoms with van der Waals surface area (Å²) in [5.41, 5.74) is 4.43. The number of carbonyl (C=O) groups excluding carboxylic acids is 2. The van der Waals surface area contributed by atoms with Gasteiger partial charge in [-0.1, -0.05) is 25.1 Å². The fourth-order valence-corrected chi connectivity index (χ4v) is 3.51. The average Bonchev–Trinajstić information content (AvgIpc) is 3.17. The Hall–Kier alpha value is -2.63. The van der Waals surface area contributed by atoms with Crippen LogP contribution in [0.2, 0.25) is 0 Å². The number of nitrogens with one attached hydrogen (secondary N) is 2. The zero-order valence-corrected chi connectivity index (χ0v) is 15.1. The van der Waals surface area contributed by atoms with Gasteiger partial charge in [0.25, 0.3) is 5.91 Å². The van der Waals surface area contributed by atoms with Crippen LogP contribution < -0.4 is 10.2 Å². The van der Waals surface area contributed by atoms with Crippen molar-refractivity contribution < 1.29 is 9.59 Å². The normalized spacial score (nSPS) is 17.2. The topological polar surface area (TPSA) is 78.1 Å². The number of aromatic nitrogens is 2. The Kier molecular flexibility index (Phi) is 4.61. The van der Waals surface area contributed by atoms with Crippen LogP contribution in [0.3, 0.4) is 0 Å². The summed E-state index contributed by atoms with van der Waals surface area (Å²) in [6.07, 6.45) is 1.28. The number of aryl methyl sites for hydroxylation is 3. The number of carbonyl (C=O) groups is 2. The van der Waals surface area contributed by atoms with Gasteiger partial charge in [0.1, 0.15) is 11.5 Å². The monoisotopic (exact) mass is 340 g/mol. The van der Waals surface area contributed by atoms with E-state index in [1.54, 1.807) is 7.05 Å². The number of H-pyrrole nitrogens is 1. The molecule has 1 unspecified atom stereocenters. The van der Waals surface area contributed by atoms with Crippen molar-refractivity contribution in [3.63, 3.8) is 0 Å². The lowest BCUT2D eigenvalue weighted by Crippen LogP contribution is -2.26. The third-order valence-electron chi connectivity index (χ3n) is 4.83. The smallest absolute Gasteiger partial charge is 0.271 e. The molecular formula is C19H24N4O2. The van der Waals surface area contributed by atoms with E-state index in [1.165, 1.54) is 5.56 Å². The van der Waals surface area contributed by atoms with E-state index in [2.05, 4.69) is 28.3 Å². The Morgan fingerprint density at radius 1 is 1.40 bits per heavy atom. The number of rotatable bonds is 4. The minimum atomic E-state index is -0.214. The summed E-state index contributed by atoms with van der Waals surface area (Å²) in [6, 6.07) is 6.14. The number of anilines is 1. The summed E-state index contributed by atoms with van der Waals surface area (Å²) in [5, 5.41) is 2.59. The van der Waals surface area contributed by atoms with Gasteiger partial charge in [-0.25, -0.2) is 4.98 Å². The molecular weight excluding hydrogens is 316 g/mol. The second-order valence-corrected chi connectivity index (χ2v) is 6.52. The number of hydrogen-bond donors (Lipinski definition) is 2. The fraction of sp³-hybridized carbons (Fsp3) is 0.421. The Morgan fingerprint density at radius 3 is 2.84 bits per heavy atom. The van der Waals surface area contributed by atoms with Crippen LogP contribution >= 0.6 is 0 Å². The number of aromatic amines is 1. The van der Waals surface area contributed by atoms with Crippen LogP contribution in [-0.4, -0.2) is 35.4 Å². The molecule has 1 aromatic heterocycles. The maximum absolute atomic E-state index is 12.7. The molecule has 2 amide bonds. The Labute approximate surface area is 147 Å². The van der Waals surface area contributed by atoms with Crippen molar-refractivity contribution in [2.45, 2.75) is 39.5 Å². The highest BCUT2D eigenvalue weighted by Crippen LogP contribution is 2.35. The van der Waals surface area contributed by atoms with Gasteiger partial charge in [0.15, 0.2) is 0 Å². The third-order valence-corrected chi connectivity index (χ3v) is 4.83. The first-order chi connectivity index (χ1) is 12.0. The summed E-state index contributed by atoms with van der Waals surface area (Å²) in [5.74, 6) is 0.561. The quantitative estimate of drug-likeness (QED) is 0.897. The molecule has 1 aliphatic heterocycles. The van der Waals surface area contributed by atoms with Crippen LogP contribution in [-0.2, 0) is 11.2 Å². The van der Waals surface area contributed by atoms with Gasteiger partial charge in [-0.15, -0.1) is 0 Å². The summed E-state index contributed by atoms with van der Waals surface area (Å²) in [6.45, 7) is 6.54. The zero-order chi connectivity index (χ0) is 18.1. The summed E-state index contributed by atoms with van der Waals surface area (Å²) in [7, 11) is 1.58. The molecule has 2 aromatic rings. The number of hydrogen-bond acceptors (Lipinski definition) is 3. The van der Waals surface area contributed by atoms with Crippen molar-refractivity contribution in [2.75, 3.05) is 18.5 Å². The molecule has 1 fully saturated rings. The standard InChI is InChI=1S/C19H24N4O2/c1-5-13-8-6-7-11(2)17(13)23-10-14(9-15(23)24)18-21-12(3)16(22-18)19(25)20-4/h6-8,14H,5,9-10H2,1-4H3,(H,20,25)(H,21,22). The van der Waals surface area contributed by atoms with Crippen molar-refractivity contribution in [1.82, 2.24) is 15.3 Å². The van der Waals surface area contributed by atoms with Crippen molar-refractivity contribution >= 4 is 17.5 Å². The van der Waals surface area contributed by atoms with E-state index in [0.29, 0.717) is 24.5 Å². The molecule has 6 nitrogen and oxygen atoms in total. The predicted molar refractivity (Wildman–Crippen MR) is 97.0 cm³/mol. The molecule has 0 saturated carbocycles. The van der Waals surface area contributed by atoms with Gasteiger partial charge >= 0.3 is 0 Å². The number of imidazole rings is 1. The number of para-hydroxylation sites is 1. The van der Waals surface area contributed by atoms with Gasteiger partial charge in [0.2, 0.25) is 5.91 Å². The fourth-order valence-electron chi connectivity index (χ4n) is 3.51. The molecule has 132 valence electrons. The molecule has 1 atom stereocenters. The van der Waals surface area contributed by atoms with Gasteiger partial charge < -0.3 is 15.2 Å². The van der Waals surface area contributed by atoms with Gasteiger partial charge in [-0.3, -0.25) is 9.59 Å². The number of nitrogens with zero attached hydrogens (tertiary/aromatic N) is 2. The maximum atomic E-state index is 12.7. The lowest BCUT2D eigenvalue weighted by atomic mass is 10.0. The molecule has 3 rings (SSSR count). The minimum Gasteiger partial charge on any atom is -0.354 e. The first kappa shape index (κ1) is 17.2. The second-order valence-electron chi connectivity index (χ2n) is 6.52. The largest absolute Gasteiger partial charge is 0.354 e. The molecule has 2 N–H and O–H groups in total. The Morgan fingerprint density at radius 2 is 2.16 bits per heavy atom. The summed E-state index contributed by atoms with van der Waals surface area (Å²) >= 11 is 0. The van der Waals surface area contributed by atoms with Crippen LogP contribution in [0.4, 0.5) is 5.69 Å². The van der Waals surface area contributed by atoms with Crippen LogP contribution in [0, 0.1) is 13.8 Å². The lowest BCUT2D eigenvalue weighted by Gasteiger charge is -2.22. The van der Waals surface area contributed by atoms with E-state index < -0.39 is 0 Å². The summed E-state index contributed by atoms with van der Waals surface area (Å²) < 4.78 is 0. The van der Waals surface area contributed by atoms with E-state index in [1.807, 2.05) is 30.9 Å². The van der Waals surface area contributed by atoms with Gasteiger partial charge in [-0.2, -0.15) is 0 Å². The van der Waals surface area contributed by atoms with E-state index in [9.17, 15) is 9.59 Å². The lowest BCUT2D eigenvalue weighted by molar-refractivity contribution is -0.117. The Balaban J connectivity index is 1.90. The molecule has 0 radical (unpaired) electrons.